The number of likely N-dealkylation sites (N-methyl/N-ethyl adjacent to an activating group) is 1. The van der Waals surface area contributed by atoms with E-state index in [0.29, 0.717) is 0 Å². The first-order valence-corrected chi connectivity index (χ1v) is 6.88. The topological polar surface area (TPSA) is 29.9 Å². The van der Waals surface area contributed by atoms with E-state index in [9.17, 15) is 0 Å². The zero-order chi connectivity index (χ0) is 13.1. The lowest BCUT2D eigenvalue weighted by Crippen LogP contribution is -2.19. The second kappa shape index (κ2) is 5.87. The SMILES string of the molecule is CNC(Cc1ccn(C)n1)c1ccc(Br)c(Cl)c1. The summed E-state index contributed by atoms with van der Waals surface area (Å²) in [6.45, 7) is 0. The van der Waals surface area contributed by atoms with Crippen molar-refractivity contribution in [3.8, 4) is 0 Å². The highest BCUT2D eigenvalue weighted by molar-refractivity contribution is 9.10. The number of nitrogens with one attached hydrogen (secondary N) is 1. The fourth-order valence-electron chi connectivity index (χ4n) is 1.90. The third kappa shape index (κ3) is 3.13. The van der Waals surface area contributed by atoms with Gasteiger partial charge in [0.05, 0.1) is 10.7 Å². The molecule has 0 spiro atoms. The van der Waals surface area contributed by atoms with Gasteiger partial charge in [0.25, 0.3) is 0 Å². The number of halogens is 2. The minimum absolute atomic E-state index is 0.213. The Morgan fingerprint density at radius 2 is 2.22 bits per heavy atom. The fraction of sp³-hybridized carbons (Fsp3) is 0.308. The molecular formula is C13H15BrClN3. The van der Waals surface area contributed by atoms with Crippen molar-refractivity contribution in [1.82, 2.24) is 15.1 Å². The Morgan fingerprint density at radius 3 is 2.78 bits per heavy atom. The van der Waals surface area contributed by atoms with Gasteiger partial charge in [-0.2, -0.15) is 5.10 Å². The number of aryl methyl sites for hydroxylation is 1. The largest absolute Gasteiger partial charge is 0.313 e. The molecule has 2 rings (SSSR count). The summed E-state index contributed by atoms with van der Waals surface area (Å²) in [5.74, 6) is 0. The molecule has 1 N–H and O–H groups in total. The molecule has 0 saturated carbocycles. The van der Waals surface area contributed by atoms with Crippen LogP contribution in [0, 0.1) is 0 Å². The Balaban J connectivity index is 2.19. The van der Waals surface area contributed by atoms with Gasteiger partial charge in [0, 0.05) is 30.2 Å². The Morgan fingerprint density at radius 1 is 1.44 bits per heavy atom. The molecule has 96 valence electrons. The first-order chi connectivity index (χ1) is 8.60. The Bertz CT molecular complexity index is 539. The maximum Gasteiger partial charge on any atom is 0.0643 e. The van der Waals surface area contributed by atoms with Gasteiger partial charge in [-0.05, 0) is 46.7 Å². The van der Waals surface area contributed by atoms with Gasteiger partial charge in [-0.3, -0.25) is 4.68 Å². The zero-order valence-corrected chi connectivity index (χ0v) is 12.7. The molecule has 1 aromatic heterocycles. The van der Waals surface area contributed by atoms with Crippen LogP contribution in [0.2, 0.25) is 5.02 Å². The first-order valence-electron chi connectivity index (χ1n) is 5.71. The highest BCUT2D eigenvalue weighted by Crippen LogP contribution is 2.27. The molecule has 3 nitrogen and oxygen atoms in total. The lowest BCUT2D eigenvalue weighted by atomic mass is 10.0. The minimum atomic E-state index is 0.213. The molecule has 1 aromatic carbocycles. The number of hydrogen-bond acceptors (Lipinski definition) is 2. The molecule has 2 aromatic rings. The second-order valence-corrected chi connectivity index (χ2v) is 5.46. The van der Waals surface area contributed by atoms with Gasteiger partial charge in [-0.25, -0.2) is 0 Å². The van der Waals surface area contributed by atoms with Crippen LogP contribution < -0.4 is 5.32 Å². The summed E-state index contributed by atoms with van der Waals surface area (Å²) in [5.41, 5.74) is 2.23. The van der Waals surface area contributed by atoms with E-state index in [4.69, 9.17) is 11.6 Å². The summed E-state index contributed by atoms with van der Waals surface area (Å²) in [6, 6.07) is 8.27. The molecule has 5 heteroatoms. The lowest BCUT2D eigenvalue weighted by molar-refractivity contribution is 0.577. The summed E-state index contributed by atoms with van der Waals surface area (Å²) in [6.07, 6.45) is 2.80. The van der Waals surface area contributed by atoms with E-state index >= 15 is 0 Å². The zero-order valence-electron chi connectivity index (χ0n) is 10.3. The molecule has 0 aliphatic heterocycles. The van der Waals surface area contributed by atoms with E-state index in [0.717, 1.165) is 27.2 Å². The molecule has 0 aliphatic rings. The molecule has 1 unspecified atom stereocenters. The molecule has 1 heterocycles. The average Bonchev–Trinajstić information content (AvgIpc) is 2.75. The van der Waals surface area contributed by atoms with Gasteiger partial charge in [0.2, 0.25) is 0 Å². The Hall–Kier alpha value is -0.840. The van der Waals surface area contributed by atoms with E-state index < -0.39 is 0 Å². The van der Waals surface area contributed by atoms with E-state index in [-0.39, 0.29) is 6.04 Å². The number of benzene rings is 1. The summed E-state index contributed by atoms with van der Waals surface area (Å²) in [7, 11) is 3.87. The highest BCUT2D eigenvalue weighted by Gasteiger charge is 2.13. The average molecular weight is 329 g/mol. The van der Waals surface area contributed by atoms with Gasteiger partial charge in [-0.1, -0.05) is 17.7 Å². The monoisotopic (exact) mass is 327 g/mol. The van der Waals surface area contributed by atoms with E-state index in [1.807, 2.05) is 43.2 Å². The molecule has 1 atom stereocenters. The maximum absolute atomic E-state index is 6.13. The van der Waals surface area contributed by atoms with Crippen LogP contribution >= 0.6 is 27.5 Å². The van der Waals surface area contributed by atoms with E-state index in [1.54, 1.807) is 0 Å². The van der Waals surface area contributed by atoms with Crippen LogP contribution in [0.5, 0.6) is 0 Å². The van der Waals surface area contributed by atoms with Crippen LogP contribution in [0.3, 0.4) is 0 Å². The van der Waals surface area contributed by atoms with Crippen LogP contribution in [0.25, 0.3) is 0 Å². The lowest BCUT2D eigenvalue weighted by Gasteiger charge is -2.16. The predicted octanol–water partition coefficient (Wildman–Crippen LogP) is 3.34. The highest BCUT2D eigenvalue weighted by atomic mass is 79.9. The van der Waals surface area contributed by atoms with Gasteiger partial charge >= 0.3 is 0 Å². The molecule has 0 amide bonds. The molecule has 18 heavy (non-hydrogen) atoms. The number of rotatable bonds is 4. The summed E-state index contributed by atoms with van der Waals surface area (Å²) in [5, 5.41) is 8.43. The third-order valence-corrected chi connectivity index (χ3v) is 4.11. The summed E-state index contributed by atoms with van der Waals surface area (Å²) >= 11 is 9.53. The van der Waals surface area contributed by atoms with Crippen molar-refractivity contribution in [1.29, 1.82) is 0 Å². The normalized spacial score (nSPS) is 12.7. The second-order valence-electron chi connectivity index (χ2n) is 4.20. The van der Waals surface area contributed by atoms with Crippen molar-refractivity contribution >= 4 is 27.5 Å². The molecule has 0 radical (unpaired) electrons. The quantitative estimate of drug-likeness (QED) is 0.933. The van der Waals surface area contributed by atoms with Crippen molar-refractivity contribution in [3.05, 3.63) is 51.2 Å². The van der Waals surface area contributed by atoms with Crippen LogP contribution in [0.1, 0.15) is 17.3 Å². The van der Waals surface area contributed by atoms with Crippen LogP contribution in [-0.4, -0.2) is 16.8 Å². The molecule has 0 aliphatic carbocycles. The van der Waals surface area contributed by atoms with Crippen molar-refractivity contribution < 1.29 is 0 Å². The van der Waals surface area contributed by atoms with E-state index in [2.05, 4.69) is 32.4 Å². The number of hydrogen-bond donors (Lipinski definition) is 1. The van der Waals surface area contributed by atoms with Gasteiger partial charge in [0.15, 0.2) is 0 Å². The predicted molar refractivity (Wildman–Crippen MR) is 77.9 cm³/mol. The van der Waals surface area contributed by atoms with E-state index in [1.165, 1.54) is 0 Å². The third-order valence-electron chi connectivity index (χ3n) is 2.88. The van der Waals surface area contributed by atoms with Crippen LogP contribution in [-0.2, 0) is 13.5 Å². The Kier molecular flexibility index (Phi) is 4.43. The minimum Gasteiger partial charge on any atom is -0.313 e. The molecular weight excluding hydrogens is 314 g/mol. The Labute approximate surface area is 120 Å². The van der Waals surface area contributed by atoms with Gasteiger partial charge in [-0.15, -0.1) is 0 Å². The van der Waals surface area contributed by atoms with Crippen LogP contribution in [0.15, 0.2) is 34.9 Å². The number of aromatic nitrogens is 2. The van der Waals surface area contributed by atoms with Gasteiger partial charge in [0.1, 0.15) is 0 Å². The smallest absolute Gasteiger partial charge is 0.0643 e. The fourth-order valence-corrected chi connectivity index (χ4v) is 2.33. The molecule has 0 saturated heterocycles. The summed E-state index contributed by atoms with van der Waals surface area (Å²) in [4.78, 5) is 0. The van der Waals surface area contributed by atoms with Crippen molar-refractivity contribution in [2.45, 2.75) is 12.5 Å². The first kappa shape index (κ1) is 13.6. The standard InChI is InChI=1S/C13H15BrClN3/c1-16-13(8-10-5-6-18(2)17-10)9-3-4-11(14)12(15)7-9/h3-7,13,16H,8H2,1-2H3. The maximum atomic E-state index is 6.13. The summed E-state index contributed by atoms with van der Waals surface area (Å²) < 4.78 is 2.73. The van der Waals surface area contributed by atoms with Gasteiger partial charge < -0.3 is 5.32 Å². The molecule has 0 fully saturated rings. The van der Waals surface area contributed by atoms with Crippen molar-refractivity contribution in [2.75, 3.05) is 7.05 Å². The van der Waals surface area contributed by atoms with Crippen molar-refractivity contribution in [3.63, 3.8) is 0 Å². The number of nitrogens with zero attached hydrogens (tertiary/aromatic N) is 2. The van der Waals surface area contributed by atoms with Crippen molar-refractivity contribution in [2.24, 2.45) is 7.05 Å². The molecule has 0 bridgehead atoms. The van der Waals surface area contributed by atoms with Crippen LogP contribution in [0.4, 0.5) is 0 Å².